The van der Waals surface area contributed by atoms with E-state index in [9.17, 15) is 13.5 Å². The molecule has 5 nitrogen and oxygen atoms in total. The van der Waals surface area contributed by atoms with Crippen molar-refractivity contribution in [3.8, 4) is 0 Å². The van der Waals surface area contributed by atoms with Gasteiger partial charge in [0.15, 0.2) is 0 Å². The molecule has 0 aromatic heterocycles. The second kappa shape index (κ2) is 5.48. The topological polar surface area (TPSA) is 92.4 Å². The molecule has 2 rings (SSSR count). The lowest BCUT2D eigenvalue weighted by molar-refractivity contribution is 0.185. The Morgan fingerprint density at radius 2 is 1.89 bits per heavy atom. The van der Waals surface area contributed by atoms with Gasteiger partial charge in [0, 0.05) is 5.69 Å². The van der Waals surface area contributed by atoms with Crippen LogP contribution in [0.3, 0.4) is 0 Å². The van der Waals surface area contributed by atoms with E-state index in [1.807, 2.05) is 0 Å². The van der Waals surface area contributed by atoms with Gasteiger partial charge in [-0.2, -0.15) is 0 Å². The average molecular weight is 284 g/mol. The molecule has 6 heteroatoms. The van der Waals surface area contributed by atoms with Gasteiger partial charge in [-0.25, -0.2) is 13.1 Å². The maximum atomic E-state index is 12.2. The fourth-order valence-electron chi connectivity index (χ4n) is 2.58. The van der Waals surface area contributed by atoms with Crippen molar-refractivity contribution in [2.24, 2.45) is 0 Å². The Kier molecular flexibility index (Phi) is 4.13. The molecule has 4 N–H and O–H groups in total. The first-order valence-corrected chi connectivity index (χ1v) is 8.07. The van der Waals surface area contributed by atoms with Crippen LogP contribution in [0.2, 0.25) is 0 Å². The van der Waals surface area contributed by atoms with Crippen molar-refractivity contribution >= 4 is 15.7 Å². The van der Waals surface area contributed by atoms with Gasteiger partial charge in [0.25, 0.3) is 0 Å². The van der Waals surface area contributed by atoms with E-state index in [-0.39, 0.29) is 12.4 Å². The second-order valence-electron chi connectivity index (χ2n) is 5.21. The number of nitrogen functional groups attached to an aromatic ring is 1. The Bertz CT molecular complexity index is 537. The number of benzene rings is 1. The first-order chi connectivity index (χ1) is 8.96. The molecule has 1 fully saturated rings. The SMILES string of the molecule is Nc1ccccc1CS(=O)(=O)NC1(CO)CCCC1. The third kappa shape index (κ3) is 3.46. The predicted octanol–water partition coefficient (Wildman–Crippen LogP) is 0.993. The second-order valence-corrected chi connectivity index (χ2v) is 6.93. The largest absolute Gasteiger partial charge is 0.398 e. The molecule has 1 aromatic carbocycles. The lowest BCUT2D eigenvalue weighted by Gasteiger charge is -2.27. The van der Waals surface area contributed by atoms with Crippen LogP contribution in [0.5, 0.6) is 0 Å². The van der Waals surface area contributed by atoms with Crippen LogP contribution in [-0.4, -0.2) is 25.7 Å². The summed E-state index contributed by atoms with van der Waals surface area (Å²) in [6.07, 6.45) is 3.26. The van der Waals surface area contributed by atoms with Crippen LogP contribution < -0.4 is 10.5 Å². The number of rotatable bonds is 5. The summed E-state index contributed by atoms with van der Waals surface area (Å²) < 4.78 is 27.0. The summed E-state index contributed by atoms with van der Waals surface area (Å²) in [6, 6.07) is 6.92. The van der Waals surface area contributed by atoms with Crippen LogP contribution in [0.4, 0.5) is 5.69 Å². The van der Waals surface area contributed by atoms with Crippen molar-refractivity contribution in [1.29, 1.82) is 0 Å². The summed E-state index contributed by atoms with van der Waals surface area (Å²) in [4.78, 5) is 0. The van der Waals surface area contributed by atoms with E-state index in [4.69, 9.17) is 5.73 Å². The Labute approximate surface area is 113 Å². The van der Waals surface area contributed by atoms with Crippen molar-refractivity contribution < 1.29 is 13.5 Å². The summed E-state index contributed by atoms with van der Waals surface area (Å²) in [5.74, 6) is -0.151. The van der Waals surface area contributed by atoms with Gasteiger partial charge in [-0.05, 0) is 24.5 Å². The molecule has 0 unspecified atom stereocenters. The molecule has 106 valence electrons. The van der Waals surface area contributed by atoms with E-state index in [1.54, 1.807) is 24.3 Å². The maximum absolute atomic E-state index is 12.2. The number of hydrogen-bond acceptors (Lipinski definition) is 4. The Morgan fingerprint density at radius 1 is 1.26 bits per heavy atom. The number of nitrogens with two attached hydrogens (primary N) is 1. The van der Waals surface area contributed by atoms with Crippen molar-refractivity contribution in [3.05, 3.63) is 29.8 Å². The summed E-state index contributed by atoms with van der Waals surface area (Å²) >= 11 is 0. The van der Waals surface area contributed by atoms with Gasteiger partial charge < -0.3 is 10.8 Å². The molecule has 0 bridgehead atoms. The van der Waals surface area contributed by atoms with Crippen LogP contribution >= 0.6 is 0 Å². The quantitative estimate of drug-likeness (QED) is 0.703. The van der Waals surface area contributed by atoms with E-state index in [0.717, 1.165) is 12.8 Å². The fourth-order valence-corrected chi connectivity index (χ4v) is 4.25. The van der Waals surface area contributed by atoms with Crippen LogP contribution in [0.1, 0.15) is 31.2 Å². The minimum atomic E-state index is -3.50. The number of aliphatic hydroxyl groups excluding tert-OH is 1. The number of hydrogen-bond donors (Lipinski definition) is 3. The molecule has 0 spiro atoms. The van der Waals surface area contributed by atoms with Gasteiger partial charge >= 0.3 is 0 Å². The molecule has 0 radical (unpaired) electrons. The predicted molar refractivity (Wildman–Crippen MR) is 74.9 cm³/mol. The lowest BCUT2D eigenvalue weighted by atomic mass is 10.0. The first kappa shape index (κ1) is 14.3. The minimum Gasteiger partial charge on any atom is -0.398 e. The van der Waals surface area contributed by atoms with Gasteiger partial charge in [-0.1, -0.05) is 31.0 Å². The van der Waals surface area contributed by atoms with Gasteiger partial charge in [-0.3, -0.25) is 0 Å². The third-order valence-electron chi connectivity index (χ3n) is 3.64. The molecule has 1 saturated carbocycles. The van der Waals surface area contributed by atoms with E-state index in [0.29, 0.717) is 24.1 Å². The van der Waals surface area contributed by atoms with Gasteiger partial charge in [0.1, 0.15) is 0 Å². The van der Waals surface area contributed by atoms with E-state index in [1.165, 1.54) is 0 Å². The van der Waals surface area contributed by atoms with E-state index < -0.39 is 15.6 Å². The highest BCUT2D eigenvalue weighted by Crippen LogP contribution is 2.30. The zero-order valence-electron chi connectivity index (χ0n) is 10.8. The standard InChI is InChI=1S/C13H20N2O3S/c14-12-6-2-1-5-11(12)9-19(17,18)15-13(10-16)7-3-4-8-13/h1-2,5-6,15-16H,3-4,7-10,14H2. The van der Waals surface area contributed by atoms with Crippen LogP contribution in [0, 0.1) is 0 Å². The van der Waals surface area contributed by atoms with Crippen molar-refractivity contribution in [1.82, 2.24) is 4.72 Å². The van der Waals surface area contributed by atoms with Crippen molar-refractivity contribution in [2.45, 2.75) is 37.0 Å². The van der Waals surface area contributed by atoms with Crippen LogP contribution in [0.25, 0.3) is 0 Å². The molecule has 1 aliphatic carbocycles. The van der Waals surface area contributed by atoms with Crippen LogP contribution in [0.15, 0.2) is 24.3 Å². The molecule has 1 aromatic rings. The lowest BCUT2D eigenvalue weighted by Crippen LogP contribution is -2.49. The maximum Gasteiger partial charge on any atom is 0.216 e. The minimum absolute atomic E-state index is 0.151. The zero-order valence-corrected chi connectivity index (χ0v) is 11.6. The number of para-hydroxylation sites is 1. The Balaban J connectivity index is 2.13. The Hall–Kier alpha value is -1.11. The zero-order chi connectivity index (χ0) is 13.9. The molecule has 0 saturated heterocycles. The molecule has 0 heterocycles. The first-order valence-electron chi connectivity index (χ1n) is 6.42. The number of anilines is 1. The number of sulfonamides is 1. The van der Waals surface area contributed by atoms with Crippen LogP contribution in [-0.2, 0) is 15.8 Å². The van der Waals surface area contributed by atoms with E-state index in [2.05, 4.69) is 4.72 Å². The number of nitrogens with one attached hydrogen (secondary N) is 1. The van der Waals surface area contributed by atoms with Gasteiger partial charge in [-0.15, -0.1) is 0 Å². The number of aliphatic hydroxyl groups is 1. The van der Waals surface area contributed by atoms with E-state index >= 15 is 0 Å². The van der Waals surface area contributed by atoms with Gasteiger partial charge in [0.2, 0.25) is 10.0 Å². The summed E-state index contributed by atoms with van der Waals surface area (Å²) in [6.45, 7) is -0.156. The van der Waals surface area contributed by atoms with Gasteiger partial charge in [0.05, 0.1) is 17.9 Å². The van der Waals surface area contributed by atoms with Crippen molar-refractivity contribution in [2.75, 3.05) is 12.3 Å². The average Bonchev–Trinajstić information content (AvgIpc) is 2.80. The summed E-state index contributed by atoms with van der Waals surface area (Å²) in [7, 11) is -3.50. The highest BCUT2D eigenvalue weighted by atomic mass is 32.2. The Morgan fingerprint density at radius 3 is 2.47 bits per heavy atom. The molecule has 0 atom stereocenters. The summed E-state index contributed by atoms with van der Waals surface area (Å²) in [5, 5.41) is 9.45. The highest BCUT2D eigenvalue weighted by molar-refractivity contribution is 7.88. The molecule has 1 aliphatic rings. The molecule has 0 aliphatic heterocycles. The van der Waals surface area contributed by atoms with Crippen molar-refractivity contribution in [3.63, 3.8) is 0 Å². The summed E-state index contributed by atoms with van der Waals surface area (Å²) in [5.41, 5.74) is 6.14. The smallest absolute Gasteiger partial charge is 0.216 e. The fraction of sp³-hybridized carbons (Fsp3) is 0.538. The molecule has 19 heavy (non-hydrogen) atoms. The third-order valence-corrected chi connectivity index (χ3v) is 5.07. The normalized spacial score (nSPS) is 18.6. The highest BCUT2D eigenvalue weighted by Gasteiger charge is 2.36. The monoisotopic (exact) mass is 284 g/mol. The molecule has 0 amide bonds. The molecular weight excluding hydrogens is 264 g/mol. The molecular formula is C13H20N2O3S.